The minimum absolute atomic E-state index is 0.0393. The SMILES string of the molecule is O=C/C(=C\NNC(=O)C12CC3CC(CC(C3)C1)C2)c1nc2cc(Cl)ccc2o1. The van der Waals surface area contributed by atoms with Crippen LogP contribution in [-0.4, -0.2) is 17.2 Å². The normalized spacial score (nSPS) is 31.2. The number of rotatable bonds is 5. The lowest BCUT2D eigenvalue weighted by molar-refractivity contribution is -0.147. The van der Waals surface area contributed by atoms with Crippen LogP contribution in [0.25, 0.3) is 16.7 Å². The van der Waals surface area contributed by atoms with E-state index in [4.69, 9.17) is 16.0 Å². The molecule has 0 spiro atoms. The largest absolute Gasteiger partial charge is 0.436 e. The fraction of sp³-hybridized carbons (Fsp3) is 0.476. The first-order chi connectivity index (χ1) is 13.5. The Morgan fingerprint density at radius 3 is 2.50 bits per heavy atom. The van der Waals surface area contributed by atoms with Crippen molar-refractivity contribution in [3.63, 3.8) is 0 Å². The second kappa shape index (κ2) is 6.62. The van der Waals surface area contributed by atoms with Crippen molar-refractivity contribution < 1.29 is 14.0 Å². The highest BCUT2D eigenvalue weighted by atomic mass is 35.5. The molecule has 2 aromatic rings. The number of nitrogens with zero attached hydrogens (tertiary/aromatic N) is 1. The highest BCUT2D eigenvalue weighted by molar-refractivity contribution is 6.31. The zero-order valence-electron chi connectivity index (χ0n) is 15.4. The van der Waals surface area contributed by atoms with Gasteiger partial charge in [-0.15, -0.1) is 0 Å². The first-order valence-electron chi connectivity index (χ1n) is 9.82. The topological polar surface area (TPSA) is 84.2 Å². The Balaban J connectivity index is 1.29. The van der Waals surface area contributed by atoms with Crippen LogP contribution in [0.1, 0.15) is 44.4 Å². The van der Waals surface area contributed by atoms with Crippen molar-refractivity contribution in [2.75, 3.05) is 0 Å². The first kappa shape index (κ1) is 17.7. The van der Waals surface area contributed by atoms with Crippen LogP contribution in [-0.2, 0) is 9.59 Å². The number of aldehydes is 1. The van der Waals surface area contributed by atoms with Crippen molar-refractivity contribution in [2.45, 2.75) is 38.5 Å². The number of benzene rings is 1. The van der Waals surface area contributed by atoms with Crippen molar-refractivity contribution in [3.05, 3.63) is 35.3 Å². The molecule has 7 heteroatoms. The van der Waals surface area contributed by atoms with Crippen LogP contribution in [0.4, 0.5) is 0 Å². The summed E-state index contributed by atoms with van der Waals surface area (Å²) in [7, 11) is 0. The summed E-state index contributed by atoms with van der Waals surface area (Å²) in [5.74, 6) is 2.32. The van der Waals surface area contributed by atoms with Gasteiger partial charge in [0.2, 0.25) is 11.8 Å². The van der Waals surface area contributed by atoms with Gasteiger partial charge in [0.25, 0.3) is 0 Å². The molecule has 1 heterocycles. The van der Waals surface area contributed by atoms with Gasteiger partial charge in [-0.1, -0.05) is 11.6 Å². The van der Waals surface area contributed by atoms with Gasteiger partial charge in [0, 0.05) is 11.2 Å². The zero-order chi connectivity index (χ0) is 19.3. The van der Waals surface area contributed by atoms with Crippen LogP contribution in [0.2, 0.25) is 5.02 Å². The third-order valence-corrected chi connectivity index (χ3v) is 6.89. The van der Waals surface area contributed by atoms with Gasteiger partial charge in [-0.3, -0.25) is 15.0 Å². The quantitative estimate of drug-likeness (QED) is 0.453. The Morgan fingerprint density at radius 2 is 1.86 bits per heavy atom. The lowest BCUT2D eigenvalue weighted by Gasteiger charge is -2.55. The van der Waals surface area contributed by atoms with Gasteiger partial charge in [0.1, 0.15) is 5.52 Å². The number of halogens is 1. The van der Waals surface area contributed by atoms with Crippen LogP contribution < -0.4 is 10.9 Å². The lowest BCUT2D eigenvalue weighted by Crippen LogP contribution is -2.55. The Labute approximate surface area is 167 Å². The second-order valence-electron chi connectivity index (χ2n) is 8.64. The lowest BCUT2D eigenvalue weighted by atomic mass is 9.49. The van der Waals surface area contributed by atoms with Crippen LogP contribution in [0, 0.1) is 23.2 Å². The van der Waals surface area contributed by atoms with E-state index in [0.29, 0.717) is 40.2 Å². The molecule has 4 bridgehead atoms. The van der Waals surface area contributed by atoms with Gasteiger partial charge in [0.15, 0.2) is 11.9 Å². The third kappa shape index (κ3) is 3.00. The van der Waals surface area contributed by atoms with E-state index in [1.54, 1.807) is 18.2 Å². The number of amides is 1. The standard InChI is InChI=1S/C21H22ClN3O3/c22-16-1-2-18-17(6-16)24-19(28-18)15(11-26)10-23-25-20(27)21-7-12-3-13(8-21)5-14(4-12)9-21/h1-2,6,10-14,23H,3-5,7-9H2,(H,25,27)/b15-10+. The van der Waals surface area contributed by atoms with Gasteiger partial charge in [0.05, 0.1) is 11.0 Å². The van der Waals surface area contributed by atoms with Crippen molar-refractivity contribution in [1.29, 1.82) is 0 Å². The van der Waals surface area contributed by atoms with E-state index in [1.807, 2.05) is 0 Å². The Hall–Kier alpha value is -2.34. The molecule has 0 atom stereocenters. The number of carbonyl (C=O) groups is 2. The molecule has 0 saturated heterocycles. The van der Waals surface area contributed by atoms with Crippen molar-refractivity contribution in [3.8, 4) is 0 Å². The fourth-order valence-corrected chi connectivity index (χ4v) is 6.04. The van der Waals surface area contributed by atoms with Crippen molar-refractivity contribution >= 4 is 40.5 Å². The number of hydrogen-bond donors (Lipinski definition) is 2. The fourth-order valence-electron chi connectivity index (χ4n) is 5.87. The van der Waals surface area contributed by atoms with E-state index in [-0.39, 0.29) is 22.8 Å². The second-order valence-corrected chi connectivity index (χ2v) is 9.08. The first-order valence-corrected chi connectivity index (χ1v) is 10.2. The number of oxazole rings is 1. The molecule has 0 radical (unpaired) electrons. The van der Waals surface area contributed by atoms with E-state index in [1.165, 1.54) is 25.5 Å². The average Bonchev–Trinajstić information content (AvgIpc) is 3.06. The van der Waals surface area contributed by atoms with Crippen LogP contribution >= 0.6 is 11.6 Å². The summed E-state index contributed by atoms with van der Waals surface area (Å²) in [5.41, 5.74) is 6.70. The van der Waals surface area contributed by atoms with Crippen molar-refractivity contribution in [1.82, 2.24) is 15.8 Å². The number of aromatic nitrogens is 1. The monoisotopic (exact) mass is 399 g/mol. The van der Waals surface area contributed by atoms with Gasteiger partial charge in [-0.25, -0.2) is 4.98 Å². The summed E-state index contributed by atoms with van der Waals surface area (Å²) in [6.45, 7) is 0. The molecule has 2 N–H and O–H groups in total. The number of allylic oxidation sites excluding steroid dienone is 1. The minimum atomic E-state index is -0.245. The predicted molar refractivity (Wildman–Crippen MR) is 105 cm³/mol. The molecule has 4 aliphatic rings. The molecule has 28 heavy (non-hydrogen) atoms. The summed E-state index contributed by atoms with van der Waals surface area (Å²) < 4.78 is 5.61. The average molecular weight is 400 g/mol. The maximum atomic E-state index is 12.9. The molecule has 0 aliphatic heterocycles. The van der Waals surface area contributed by atoms with Crippen LogP contribution in [0.3, 0.4) is 0 Å². The van der Waals surface area contributed by atoms with Gasteiger partial charge in [-0.2, -0.15) is 0 Å². The van der Waals surface area contributed by atoms with E-state index >= 15 is 0 Å². The molecule has 6 rings (SSSR count). The number of fused-ring (bicyclic) bond motifs is 1. The van der Waals surface area contributed by atoms with E-state index in [2.05, 4.69) is 15.8 Å². The number of hydrazine groups is 1. The molecule has 4 fully saturated rings. The van der Waals surface area contributed by atoms with Gasteiger partial charge in [-0.05, 0) is 74.5 Å². The Morgan fingerprint density at radius 1 is 1.18 bits per heavy atom. The van der Waals surface area contributed by atoms with E-state index < -0.39 is 0 Å². The number of carbonyl (C=O) groups excluding carboxylic acids is 2. The molecular formula is C21H22ClN3O3. The van der Waals surface area contributed by atoms with Gasteiger partial charge >= 0.3 is 0 Å². The summed E-state index contributed by atoms with van der Waals surface area (Å²) in [4.78, 5) is 28.7. The summed E-state index contributed by atoms with van der Waals surface area (Å²) >= 11 is 5.96. The van der Waals surface area contributed by atoms with E-state index in [0.717, 1.165) is 19.3 Å². The zero-order valence-corrected chi connectivity index (χ0v) is 16.2. The third-order valence-electron chi connectivity index (χ3n) is 6.66. The smallest absolute Gasteiger partial charge is 0.244 e. The molecule has 0 unspecified atom stereocenters. The molecule has 1 aromatic carbocycles. The number of nitrogens with one attached hydrogen (secondary N) is 2. The molecule has 4 saturated carbocycles. The number of hydrogen-bond acceptors (Lipinski definition) is 5. The highest BCUT2D eigenvalue weighted by Gasteiger charge is 2.54. The molecule has 6 nitrogen and oxygen atoms in total. The Bertz CT molecular complexity index is 945. The maximum Gasteiger partial charge on any atom is 0.244 e. The summed E-state index contributed by atoms with van der Waals surface area (Å²) in [6.07, 6.45) is 8.91. The molecule has 4 aliphatic carbocycles. The van der Waals surface area contributed by atoms with E-state index in [9.17, 15) is 9.59 Å². The minimum Gasteiger partial charge on any atom is -0.436 e. The summed E-state index contributed by atoms with van der Waals surface area (Å²) in [6, 6.07) is 5.08. The molecule has 1 amide bonds. The van der Waals surface area contributed by atoms with Gasteiger partial charge < -0.3 is 9.84 Å². The summed E-state index contributed by atoms with van der Waals surface area (Å²) in [5, 5.41) is 0.546. The van der Waals surface area contributed by atoms with Crippen LogP contribution in [0.5, 0.6) is 0 Å². The molecule has 146 valence electrons. The van der Waals surface area contributed by atoms with Crippen LogP contribution in [0.15, 0.2) is 28.8 Å². The molecule has 1 aromatic heterocycles. The molecular weight excluding hydrogens is 378 g/mol. The predicted octanol–water partition coefficient (Wildman–Crippen LogP) is 3.86. The highest BCUT2D eigenvalue weighted by Crippen LogP contribution is 2.60. The maximum absolute atomic E-state index is 12.9. The Kier molecular flexibility index (Phi) is 4.19. The van der Waals surface area contributed by atoms with Crippen molar-refractivity contribution in [2.24, 2.45) is 23.2 Å².